The fraction of sp³-hybridized carbons (Fsp3) is 0.0800. The molecule has 1 aromatic heterocycles. The van der Waals surface area contributed by atoms with Crippen molar-refractivity contribution in [1.29, 1.82) is 0 Å². The molecule has 1 aliphatic heterocycles. The van der Waals surface area contributed by atoms with Crippen molar-refractivity contribution in [3.8, 4) is 11.5 Å². The zero-order chi connectivity index (χ0) is 24.9. The molecule has 35 heavy (non-hydrogen) atoms. The standard InChI is InChI=1S/C25H18F2N2O5S/c1-34-17-7-8-19-22(11-17)35(32,33)13-20(28-19)23-24(30)18-10-16(27)6-9-21(18)29(25(23)31)12-14-2-4-15(26)5-3-14/h2-11,13,28,30H,12H2,1H3. The van der Waals surface area contributed by atoms with E-state index in [0.717, 1.165) is 17.5 Å². The number of halogens is 2. The molecule has 3 aromatic carbocycles. The number of nitrogens with zero attached hydrogens (tertiary/aromatic N) is 1. The van der Waals surface area contributed by atoms with Crippen LogP contribution >= 0.6 is 0 Å². The maximum Gasteiger partial charge on any atom is 0.264 e. The Kier molecular flexibility index (Phi) is 5.32. The molecule has 0 spiro atoms. The molecule has 7 nitrogen and oxygen atoms in total. The third-order valence-electron chi connectivity index (χ3n) is 5.76. The number of fused-ring (bicyclic) bond motifs is 2. The van der Waals surface area contributed by atoms with Gasteiger partial charge in [-0.3, -0.25) is 4.79 Å². The lowest BCUT2D eigenvalue weighted by molar-refractivity contribution is 0.413. The van der Waals surface area contributed by atoms with Crippen molar-refractivity contribution in [2.24, 2.45) is 0 Å². The lowest BCUT2D eigenvalue weighted by Gasteiger charge is -2.22. The van der Waals surface area contributed by atoms with E-state index in [1.54, 1.807) is 6.07 Å². The van der Waals surface area contributed by atoms with Gasteiger partial charge in [-0.2, -0.15) is 0 Å². The Bertz CT molecular complexity index is 1690. The molecule has 5 rings (SSSR count). The molecular formula is C25H18F2N2O5S. The molecule has 0 radical (unpaired) electrons. The van der Waals surface area contributed by atoms with E-state index in [1.807, 2.05) is 0 Å². The minimum Gasteiger partial charge on any atom is -0.506 e. The zero-order valence-electron chi connectivity index (χ0n) is 18.2. The molecule has 2 N–H and O–H groups in total. The van der Waals surface area contributed by atoms with Crippen LogP contribution in [0.1, 0.15) is 11.1 Å². The van der Waals surface area contributed by atoms with E-state index in [1.165, 1.54) is 54.1 Å². The van der Waals surface area contributed by atoms with Crippen LogP contribution in [-0.4, -0.2) is 25.2 Å². The molecule has 2 heterocycles. The fourth-order valence-corrected chi connectivity index (χ4v) is 5.39. The maximum absolute atomic E-state index is 14.1. The number of benzene rings is 3. The smallest absolute Gasteiger partial charge is 0.264 e. The third kappa shape index (κ3) is 3.91. The van der Waals surface area contributed by atoms with Gasteiger partial charge in [-0.25, -0.2) is 17.2 Å². The predicted molar refractivity (Wildman–Crippen MR) is 127 cm³/mol. The average Bonchev–Trinajstić information content (AvgIpc) is 2.82. The largest absolute Gasteiger partial charge is 0.506 e. The van der Waals surface area contributed by atoms with Crippen LogP contribution in [0.3, 0.4) is 0 Å². The molecule has 0 aliphatic carbocycles. The molecule has 178 valence electrons. The van der Waals surface area contributed by atoms with Gasteiger partial charge in [0.25, 0.3) is 5.56 Å². The minimum absolute atomic E-state index is 0.0161. The predicted octanol–water partition coefficient (Wildman–Crippen LogP) is 4.24. The first-order valence-electron chi connectivity index (χ1n) is 10.4. The average molecular weight is 496 g/mol. The first kappa shape index (κ1) is 22.6. The van der Waals surface area contributed by atoms with E-state index in [4.69, 9.17) is 4.74 Å². The summed E-state index contributed by atoms with van der Waals surface area (Å²) >= 11 is 0. The number of nitrogens with one attached hydrogen (secondary N) is 1. The summed E-state index contributed by atoms with van der Waals surface area (Å²) in [6.07, 6.45) is 0. The van der Waals surface area contributed by atoms with Crippen LogP contribution in [0.2, 0.25) is 0 Å². The fourth-order valence-electron chi connectivity index (χ4n) is 4.07. The summed E-state index contributed by atoms with van der Waals surface area (Å²) in [4.78, 5) is 13.6. The monoisotopic (exact) mass is 496 g/mol. The molecule has 4 aromatic rings. The van der Waals surface area contributed by atoms with Gasteiger partial charge in [-0.15, -0.1) is 0 Å². The highest BCUT2D eigenvalue weighted by molar-refractivity contribution is 7.94. The van der Waals surface area contributed by atoms with Crippen molar-refractivity contribution < 1.29 is 27.0 Å². The number of hydrogen-bond acceptors (Lipinski definition) is 6. The molecule has 1 aliphatic rings. The van der Waals surface area contributed by atoms with E-state index in [9.17, 15) is 27.1 Å². The van der Waals surface area contributed by atoms with Crippen molar-refractivity contribution in [3.05, 3.63) is 99.2 Å². The second kappa shape index (κ2) is 8.24. The second-order valence-electron chi connectivity index (χ2n) is 7.97. The summed E-state index contributed by atoms with van der Waals surface area (Å²) in [5.74, 6) is -1.33. The summed E-state index contributed by atoms with van der Waals surface area (Å²) < 4.78 is 59.9. The maximum atomic E-state index is 14.1. The Labute approximate surface area is 198 Å². The highest BCUT2D eigenvalue weighted by Gasteiger charge is 2.29. The van der Waals surface area contributed by atoms with E-state index < -0.39 is 32.8 Å². The van der Waals surface area contributed by atoms with Crippen LogP contribution in [0.15, 0.2) is 75.8 Å². The molecule has 0 saturated heterocycles. The Morgan fingerprint density at radius 3 is 2.43 bits per heavy atom. The van der Waals surface area contributed by atoms with Crippen molar-refractivity contribution >= 4 is 32.1 Å². The first-order valence-corrected chi connectivity index (χ1v) is 11.9. The molecule has 0 amide bonds. The zero-order valence-corrected chi connectivity index (χ0v) is 19.1. The number of aromatic nitrogens is 1. The quantitative estimate of drug-likeness (QED) is 0.439. The topological polar surface area (TPSA) is 97.6 Å². The van der Waals surface area contributed by atoms with Gasteiger partial charge in [0.05, 0.1) is 40.9 Å². The summed E-state index contributed by atoms with van der Waals surface area (Å²) in [5.41, 5.74) is -0.222. The molecule has 10 heteroatoms. The van der Waals surface area contributed by atoms with Crippen LogP contribution in [0.25, 0.3) is 16.6 Å². The number of pyridine rings is 1. The van der Waals surface area contributed by atoms with Crippen molar-refractivity contribution in [3.63, 3.8) is 0 Å². The molecule has 0 fully saturated rings. The normalized spacial score (nSPS) is 14.2. The van der Waals surface area contributed by atoms with Gasteiger partial charge in [0.1, 0.15) is 28.7 Å². The van der Waals surface area contributed by atoms with Gasteiger partial charge in [0, 0.05) is 11.5 Å². The number of anilines is 1. The number of rotatable bonds is 4. The lowest BCUT2D eigenvalue weighted by Crippen LogP contribution is -2.27. The summed E-state index contributed by atoms with van der Waals surface area (Å²) in [6, 6.07) is 13.4. The number of ether oxygens (including phenoxy) is 1. The lowest BCUT2D eigenvalue weighted by atomic mass is 10.1. The number of methoxy groups -OCH3 is 1. The van der Waals surface area contributed by atoms with Gasteiger partial charge < -0.3 is 19.7 Å². The number of sulfone groups is 1. The van der Waals surface area contributed by atoms with Crippen LogP contribution < -0.4 is 15.6 Å². The molecule has 0 unspecified atom stereocenters. The van der Waals surface area contributed by atoms with Crippen LogP contribution in [-0.2, 0) is 16.4 Å². The highest BCUT2D eigenvalue weighted by Crippen LogP contribution is 2.38. The summed E-state index contributed by atoms with van der Waals surface area (Å²) in [6.45, 7) is -0.0255. The summed E-state index contributed by atoms with van der Waals surface area (Å²) in [5, 5.41) is 14.8. The Balaban J connectivity index is 1.75. The third-order valence-corrected chi connectivity index (χ3v) is 7.26. The van der Waals surface area contributed by atoms with Crippen molar-refractivity contribution in [2.75, 3.05) is 12.4 Å². The number of hydrogen-bond donors (Lipinski definition) is 2. The van der Waals surface area contributed by atoms with Crippen LogP contribution in [0.5, 0.6) is 11.5 Å². The van der Waals surface area contributed by atoms with E-state index in [-0.39, 0.29) is 39.3 Å². The molecule has 0 bridgehead atoms. The molecule has 0 saturated carbocycles. The van der Waals surface area contributed by atoms with Gasteiger partial charge >= 0.3 is 0 Å². The summed E-state index contributed by atoms with van der Waals surface area (Å²) in [7, 11) is -2.62. The van der Waals surface area contributed by atoms with Gasteiger partial charge in [0.2, 0.25) is 9.84 Å². The Hall–Kier alpha value is -4.18. The van der Waals surface area contributed by atoms with E-state index >= 15 is 0 Å². The Morgan fingerprint density at radius 1 is 1.00 bits per heavy atom. The van der Waals surface area contributed by atoms with Crippen molar-refractivity contribution in [2.45, 2.75) is 11.4 Å². The van der Waals surface area contributed by atoms with Crippen LogP contribution in [0.4, 0.5) is 14.5 Å². The Morgan fingerprint density at radius 2 is 1.71 bits per heavy atom. The van der Waals surface area contributed by atoms with Crippen molar-refractivity contribution in [1.82, 2.24) is 4.57 Å². The van der Waals surface area contributed by atoms with Gasteiger partial charge in [-0.05, 0) is 48.0 Å². The van der Waals surface area contributed by atoms with E-state index in [2.05, 4.69) is 5.32 Å². The SMILES string of the molecule is COc1ccc2c(c1)S(=O)(=O)C=C(c1c(O)c3cc(F)ccc3n(Cc3ccc(F)cc3)c1=O)N2. The second-order valence-corrected chi connectivity index (χ2v) is 9.73. The first-order chi connectivity index (χ1) is 16.7. The minimum atomic E-state index is -4.02. The van der Waals surface area contributed by atoms with E-state index in [0.29, 0.717) is 11.3 Å². The highest BCUT2D eigenvalue weighted by atomic mass is 32.2. The van der Waals surface area contributed by atoms with Gasteiger partial charge in [0.15, 0.2) is 0 Å². The van der Waals surface area contributed by atoms with Crippen LogP contribution in [0, 0.1) is 11.6 Å². The van der Waals surface area contributed by atoms with Gasteiger partial charge in [-0.1, -0.05) is 12.1 Å². The molecular weight excluding hydrogens is 478 g/mol. The number of aromatic hydroxyl groups is 1. The molecule has 0 atom stereocenters.